The van der Waals surface area contributed by atoms with Crippen molar-refractivity contribution in [1.82, 2.24) is 19.9 Å². The minimum atomic E-state index is -1.10. The van der Waals surface area contributed by atoms with Gasteiger partial charge >= 0.3 is 11.9 Å². The summed E-state index contributed by atoms with van der Waals surface area (Å²) in [5.41, 5.74) is 7.89. The molecule has 12 nitrogen and oxygen atoms in total. The summed E-state index contributed by atoms with van der Waals surface area (Å²) < 4.78 is 0. The molecule has 4 aliphatic heterocycles. The number of H-pyrrole nitrogens is 2. The van der Waals surface area contributed by atoms with Gasteiger partial charge in [0.25, 0.3) is 0 Å². The first-order valence-corrected chi connectivity index (χ1v) is 17.6. The van der Waals surface area contributed by atoms with Crippen molar-refractivity contribution in [1.29, 1.82) is 0 Å². The van der Waals surface area contributed by atoms with Crippen molar-refractivity contribution in [2.45, 2.75) is 37.8 Å². The van der Waals surface area contributed by atoms with Crippen LogP contribution in [0, 0.1) is 0 Å². The number of anilines is 2. The van der Waals surface area contributed by atoms with Gasteiger partial charge in [0.2, 0.25) is 11.8 Å². The topological polar surface area (TPSA) is 173 Å². The maximum Gasteiger partial charge on any atom is 0.326 e. The predicted molar refractivity (Wildman–Crippen MR) is 206 cm³/mol. The lowest BCUT2D eigenvalue weighted by molar-refractivity contribution is -0.139. The number of aromatic amines is 2. The van der Waals surface area contributed by atoms with Crippen LogP contribution in [0.1, 0.15) is 48.5 Å². The highest BCUT2D eigenvalue weighted by atomic mass is 16.4. The highest BCUT2D eigenvalue weighted by Crippen LogP contribution is 2.40. The van der Waals surface area contributed by atoms with Gasteiger partial charge in [-0.25, -0.2) is 19.6 Å². The van der Waals surface area contributed by atoms with E-state index in [0.717, 1.165) is 11.1 Å². The fourth-order valence-corrected chi connectivity index (χ4v) is 7.90. The third kappa shape index (κ3) is 5.38. The number of hydrogen-bond donors (Lipinski definition) is 4. The van der Waals surface area contributed by atoms with Crippen LogP contribution in [0.2, 0.25) is 0 Å². The van der Waals surface area contributed by atoms with E-state index in [1.807, 2.05) is 97.1 Å². The standard InChI is InChI=1S/C42H32N6O6/c49-35-21-19-33(41(51)52)47(35)39-29-15-11-25(43-29)37(23-7-3-1-4-8-23)26-12-16-30(44-26)40(48-34(42(53)54)20-22-36(48)50)32-18-14-28(46-32)38(24-9-5-2-6-10-24)27-13-17-31(39)45-27/h1-18,33-34,43,46H,19-22H2,(H,51,52)(H,53,54)/t33-,34-/m0/s1. The number of amides is 2. The molecule has 2 atom stereocenters. The molecule has 8 bridgehead atoms. The number of hydrogen-bond acceptors (Lipinski definition) is 6. The molecule has 2 fully saturated rings. The SMILES string of the molecule is O=C(O)[C@@H]1CCC(=O)N1c1c2nc(c(-c3ccccc3)c3ccc([nH]3)c(N3C(=O)CC[C@H]3C(=O)O)c3nc(c(-c4ccccc4)c4ccc1[nH]4)C=C3)C=C2. The van der Waals surface area contributed by atoms with E-state index in [1.165, 1.54) is 9.80 Å². The molecule has 0 saturated carbocycles. The molecule has 2 saturated heterocycles. The molecule has 12 heteroatoms. The third-order valence-corrected chi connectivity index (χ3v) is 10.3. The quantitative estimate of drug-likeness (QED) is 0.140. The van der Waals surface area contributed by atoms with Crippen molar-refractivity contribution < 1.29 is 29.4 Å². The minimum absolute atomic E-state index is 0.0803. The van der Waals surface area contributed by atoms with Crippen LogP contribution in [0.5, 0.6) is 0 Å². The summed E-state index contributed by atoms with van der Waals surface area (Å²) in [4.78, 5) is 72.0. The Labute approximate surface area is 307 Å². The zero-order chi connectivity index (χ0) is 37.1. The zero-order valence-electron chi connectivity index (χ0n) is 28.7. The second kappa shape index (κ2) is 12.8. The Morgan fingerprint density at radius 1 is 0.537 bits per heavy atom. The van der Waals surface area contributed by atoms with Gasteiger partial charge in [-0.1, -0.05) is 60.7 Å². The predicted octanol–water partition coefficient (Wildman–Crippen LogP) is 7.15. The van der Waals surface area contributed by atoms with Gasteiger partial charge in [0.15, 0.2) is 0 Å². The molecule has 4 aliphatic rings. The van der Waals surface area contributed by atoms with Crippen LogP contribution in [-0.4, -0.2) is 66.0 Å². The van der Waals surface area contributed by atoms with Crippen molar-refractivity contribution in [3.05, 3.63) is 108 Å². The van der Waals surface area contributed by atoms with E-state index in [-0.39, 0.29) is 37.5 Å². The van der Waals surface area contributed by atoms with E-state index in [0.29, 0.717) is 67.3 Å². The van der Waals surface area contributed by atoms with Crippen LogP contribution in [0.15, 0.2) is 84.9 Å². The summed E-state index contributed by atoms with van der Waals surface area (Å²) in [7, 11) is 0. The van der Waals surface area contributed by atoms with Crippen LogP contribution >= 0.6 is 0 Å². The molecule has 0 radical (unpaired) electrons. The van der Waals surface area contributed by atoms with Crippen molar-refractivity contribution in [2.24, 2.45) is 0 Å². The monoisotopic (exact) mass is 716 g/mol. The van der Waals surface area contributed by atoms with Crippen LogP contribution in [-0.2, 0) is 19.2 Å². The number of carboxylic acid groups (broad SMARTS) is 2. The van der Waals surface area contributed by atoms with Crippen LogP contribution in [0.25, 0.3) is 68.6 Å². The molecule has 266 valence electrons. The lowest BCUT2D eigenvalue weighted by Gasteiger charge is -2.22. The van der Waals surface area contributed by atoms with Crippen molar-refractivity contribution in [3.63, 3.8) is 0 Å². The van der Waals surface area contributed by atoms with Crippen LogP contribution in [0.4, 0.5) is 11.4 Å². The van der Waals surface area contributed by atoms with Crippen molar-refractivity contribution >= 4 is 81.5 Å². The van der Waals surface area contributed by atoms with E-state index in [2.05, 4.69) is 9.97 Å². The summed E-state index contributed by atoms with van der Waals surface area (Å²) in [6.45, 7) is 0. The molecule has 2 amide bonds. The Bertz CT molecular complexity index is 2460. The van der Waals surface area contributed by atoms with Crippen molar-refractivity contribution in [2.75, 3.05) is 9.80 Å². The zero-order valence-corrected chi connectivity index (χ0v) is 28.7. The average molecular weight is 717 g/mol. The molecule has 0 aliphatic carbocycles. The van der Waals surface area contributed by atoms with Gasteiger partial charge < -0.3 is 20.2 Å². The Kier molecular flexibility index (Phi) is 7.80. The molecule has 9 rings (SSSR count). The number of rotatable bonds is 6. The third-order valence-electron chi connectivity index (χ3n) is 10.3. The molecular formula is C42H32N6O6. The fraction of sp³-hybridized carbons (Fsp3) is 0.143. The first-order valence-electron chi connectivity index (χ1n) is 17.6. The number of benzene rings is 2. The Morgan fingerprint density at radius 3 is 1.30 bits per heavy atom. The second-order valence-corrected chi connectivity index (χ2v) is 13.5. The molecule has 54 heavy (non-hydrogen) atoms. The number of fused-ring (bicyclic) bond motifs is 8. The summed E-state index contributed by atoms with van der Waals surface area (Å²) >= 11 is 0. The van der Waals surface area contributed by atoms with Crippen LogP contribution < -0.4 is 9.80 Å². The number of aromatic nitrogens is 4. The maximum atomic E-state index is 13.6. The number of aliphatic carboxylic acids is 2. The van der Waals surface area contributed by atoms with E-state index >= 15 is 0 Å². The summed E-state index contributed by atoms with van der Waals surface area (Å²) in [6, 6.07) is 24.4. The number of nitrogens with one attached hydrogen (secondary N) is 2. The van der Waals surface area contributed by atoms with E-state index in [4.69, 9.17) is 9.97 Å². The largest absolute Gasteiger partial charge is 0.480 e. The van der Waals surface area contributed by atoms with Gasteiger partial charge in [0, 0.05) is 35.0 Å². The van der Waals surface area contributed by atoms with Gasteiger partial charge in [-0.15, -0.1) is 0 Å². The maximum absolute atomic E-state index is 13.6. The fourth-order valence-electron chi connectivity index (χ4n) is 7.90. The van der Waals surface area contributed by atoms with Gasteiger partial charge in [-0.05, 0) is 72.5 Å². The van der Waals surface area contributed by atoms with Gasteiger partial charge in [0.05, 0.1) is 45.2 Å². The first-order chi connectivity index (χ1) is 26.3. The summed E-state index contributed by atoms with van der Waals surface area (Å²) in [5.74, 6) is -2.84. The van der Waals surface area contributed by atoms with E-state index in [9.17, 15) is 29.4 Å². The Hall–Kier alpha value is -7.08. The lowest BCUT2D eigenvalue weighted by Crippen LogP contribution is -2.39. The summed E-state index contributed by atoms with van der Waals surface area (Å²) in [6.07, 6.45) is 7.71. The van der Waals surface area contributed by atoms with E-state index in [1.54, 1.807) is 12.2 Å². The van der Waals surface area contributed by atoms with Crippen LogP contribution in [0.3, 0.4) is 0 Å². The Morgan fingerprint density at radius 2 is 0.907 bits per heavy atom. The van der Waals surface area contributed by atoms with Gasteiger partial charge in [-0.3, -0.25) is 19.4 Å². The average Bonchev–Trinajstić information content (AvgIpc) is 4.03. The lowest BCUT2D eigenvalue weighted by atomic mass is 10.0. The first kappa shape index (κ1) is 32.8. The number of carboxylic acids is 2. The highest BCUT2D eigenvalue weighted by molar-refractivity contribution is 6.10. The number of nitrogens with zero attached hydrogens (tertiary/aromatic N) is 4. The minimum Gasteiger partial charge on any atom is -0.480 e. The molecule has 0 spiro atoms. The molecule has 2 aromatic carbocycles. The molecule has 3 aromatic heterocycles. The molecular weight excluding hydrogens is 684 g/mol. The van der Waals surface area contributed by atoms with Gasteiger partial charge in [-0.2, -0.15) is 0 Å². The molecule has 5 aromatic rings. The van der Waals surface area contributed by atoms with Gasteiger partial charge in [0.1, 0.15) is 12.1 Å². The Balaban J connectivity index is 1.46. The molecule has 0 unspecified atom stereocenters. The van der Waals surface area contributed by atoms with E-state index < -0.39 is 24.0 Å². The normalized spacial score (nSPS) is 17.9. The second-order valence-electron chi connectivity index (χ2n) is 13.5. The smallest absolute Gasteiger partial charge is 0.326 e. The summed E-state index contributed by atoms with van der Waals surface area (Å²) in [5, 5.41) is 20.5. The highest BCUT2D eigenvalue weighted by Gasteiger charge is 2.40. The molecule has 7 heterocycles. The number of carbonyl (C=O) groups is 4. The molecule has 4 N–H and O–H groups in total. The van der Waals surface area contributed by atoms with Crippen molar-refractivity contribution in [3.8, 4) is 22.3 Å². The number of carbonyl (C=O) groups excluding carboxylic acids is 2.